The number of ether oxygens (including phenoxy) is 3. The first-order valence-corrected chi connectivity index (χ1v) is 19.1. The lowest BCUT2D eigenvalue weighted by molar-refractivity contribution is -0.146. The molecule has 238 valence electrons. The van der Waals surface area contributed by atoms with Crippen LogP contribution in [0, 0.1) is 5.92 Å². The summed E-state index contributed by atoms with van der Waals surface area (Å²) in [6.45, 7) is 7.91. The summed E-state index contributed by atoms with van der Waals surface area (Å²) in [6.07, 6.45) is 2.69. The number of anilines is 2. The molecule has 0 bridgehead atoms. The lowest BCUT2D eigenvalue weighted by Gasteiger charge is -2.37. The molecule has 3 aliphatic heterocycles. The standard InChI is InChI=1S/C36H44N2O6Si/c1-24-34(45(4,5)29-16-13-27(42-2)14-17-29)32(19-21-39)44-36(24)30-22-28(43-3)15-18-31(30)38(35(36)41)23-25-9-11-26(12-10-25)37-20-7-6-8-33(37)40/h9-18,22,24,32,34,39H,6-8,19-21,23H2,1-5H3/t24-,32+,34-,36+/m0/s1. The number of aliphatic hydroxyl groups is 1. The van der Waals surface area contributed by atoms with Crippen LogP contribution in [0.4, 0.5) is 11.4 Å². The number of carbonyl (C=O) groups excluding carboxylic acids is 2. The van der Waals surface area contributed by atoms with E-state index in [1.54, 1.807) is 14.2 Å². The molecule has 9 heteroatoms. The van der Waals surface area contributed by atoms with E-state index in [9.17, 15) is 14.7 Å². The highest BCUT2D eigenvalue weighted by Crippen LogP contribution is 2.60. The summed E-state index contributed by atoms with van der Waals surface area (Å²) < 4.78 is 18.1. The fourth-order valence-electron chi connectivity index (χ4n) is 8.02. The second kappa shape index (κ2) is 12.3. The number of nitrogens with zero attached hydrogens (tertiary/aromatic N) is 2. The molecule has 2 amide bonds. The monoisotopic (exact) mass is 628 g/mol. The van der Waals surface area contributed by atoms with E-state index in [1.807, 2.05) is 64.4 Å². The molecule has 3 heterocycles. The van der Waals surface area contributed by atoms with Crippen LogP contribution in [0.5, 0.6) is 11.5 Å². The molecule has 0 aromatic heterocycles. The molecule has 1 N–H and O–H groups in total. The van der Waals surface area contributed by atoms with Gasteiger partial charge in [0.05, 0.1) is 40.6 Å². The third-order valence-corrected chi connectivity index (χ3v) is 14.7. The number of hydrogen-bond donors (Lipinski definition) is 1. The van der Waals surface area contributed by atoms with Crippen LogP contribution in [0.15, 0.2) is 66.7 Å². The number of benzene rings is 3. The van der Waals surface area contributed by atoms with E-state index in [0.717, 1.165) is 47.6 Å². The zero-order valence-electron chi connectivity index (χ0n) is 26.9. The van der Waals surface area contributed by atoms with Crippen molar-refractivity contribution in [2.45, 2.75) is 69.5 Å². The molecule has 3 aromatic carbocycles. The molecule has 6 rings (SSSR count). The average molecular weight is 629 g/mol. The predicted molar refractivity (Wildman–Crippen MR) is 178 cm³/mol. The molecule has 2 fully saturated rings. The number of amides is 2. The fraction of sp³-hybridized carbons (Fsp3) is 0.444. The number of piperidine rings is 1. The number of fused-ring (bicyclic) bond motifs is 2. The third-order valence-electron chi connectivity index (χ3n) is 10.4. The summed E-state index contributed by atoms with van der Waals surface area (Å²) in [5.74, 6) is 1.39. The Labute approximate surface area is 266 Å². The molecular formula is C36H44N2O6Si. The van der Waals surface area contributed by atoms with Crippen molar-refractivity contribution in [1.29, 1.82) is 0 Å². The topological polar surface area (TPSA) is 88.5 Å². The van der Waals surface area contributed by atoms with E-state index in [1.165, 1.54) is 5.19 Å². The van der Waals surface area contributed by atoms with Crippen molar-refractivity contribution in [3.8, 4) is 11.5 Å². The van der Waals surface area contributed by atoms with Gasteiger partial charge in [-0.3, -0.25) is 9.59 Å². The van der Waals surface area contributed by atoms with E-state index < -0.39 is 13.7 Å². The molecule has 1 spiro atoms. The van der Waals surface area contributed by atoms with Gasteiger partial charge in [0.25, 0.3) is 5.91 Å². The summed E-state index contributed by atoms with van der Waals surface area (Å²) >= 11 is 0. The number of methoxy groups -OCH3 is 2. The molecule has 0 radical (unpaired) electrons. The Hall–Kier alpha value is -3.66. The van der Waals surface area contributed by atoms with Crippen LogP contribution in [0.2, 0.25) is 18.6 Å². The average Bonchev–Trinajstić information content (AvgIpc) is 3.48. The van der Waals surface area contributed by atoms with E-state index >= 15 is 0 Å². The van der Waals surface area contributed by atoms with Crippen molar-refractivity contribution >= 4 is 36.4 Å². The van der Waals surface area contributed by atoms with Crippen LogP contribution in [0.25, 0.3) is 0 Å². The van der Waals surface area contributed by atoms with Gasteiger partial charge in [0, 0.05) is 36.7 Å². The van der Waals surface area contributed by atoms with Gasteiger partial charge in [-0.05, 0) is 72.8 Å². The zero-order valence-corrected chi connectivity index (χ0v) is 27.9. The first-order chi connectivity index (χ1) is 21.6. The van der Waals surface area contributed by atoms with Gasteiger partial charge in [0.2, 0.25) is 5.91 Å². The summed E-state index contributed by atoms with van der Waals surface area (Å²) in [5.41, 5.74) is 2.35. The van der Waals surface area contributed by atoms with Gasteiger partial charge in [-0.2, -0.15) is 0 Å². The summed E-state index contributed by atoms with van der Waals surface area (Å²) in [4.78, 5) is 31.0. The second-order valence-electron chi connectivity index (χ2n) is 13.1. The number of aliphatic hydroxyl groups excluding tert-OH is 1. The van der Waals surface area contributed by atoms with Gasteiger partial charge in [-0.15, -0.1) is 0 Å². The summed E-state index contributed by atoms with van der Waals surface area (Å²) in [6, 6.07) is 22.0. The Bertz CT molecular complexity index is 1560. The highest BCUT2D eigenvalue weighted by atomic mass is 28.3. The molecule has 3 aromatic rings. The summed E-state index contributed by atoms with van der Waals surface area (Å²) in [5, 5.41) is 11.4. The second-order valence-corrected chi connectivity index (χ2v) is 17.8. The quantitative estimate of drug-likeness (QED) is 0.321. The van der Waals surface area contributed by atoms with Gasteiger partial charge < -0.3 is 29.1 Å². The fourth-order valence-corrected chi connectivity index (χ4v) is 12.1. The van der Waals surface area contributed by atoms with E-state index in [2.05, 4.69) is 32.2 Å². The Kier molecular flexibility index (Phi) is 8.54. The van der Waals surface area contributed by atoms with Crippen LogP contribution in [-0.4, -0.2) is 58.5 Å². The van der Waals surface area contributed by atoms with Crippen molar-refractivity contribution in [2.24, 2.45) is 5.92 Å². The number of rotatable bonds is 9. The molecular weight excluding hydrogens is 584 g/mol. The Morgan fingerprint density at radius 2 is 1.64 bits per heavy atom. The minimum Gasteiger partial charge on any atom is -0.497 e. The maximum Gasteiger partial charge on any atom is 0.264 e. The van der Waals surface area contributed by atoms with E-state index in [-0.39, 0.29) is 36.0 Å². The molecule has 8 nitrogen and oxygen atoms in total. The van der Waals surface area contributed by atoms with Gasteiger partial charge >= 0.3 is 0 Å². The van der Waals surface area contributed by atoms with E-state index in [4.69, 9.17) is 14.2 Å². The first-order valence-electron chi connectivity index (χ1n) is 16.0. The molecule has 2 saturated heterocycles. The minimum absolute atomic E-state index is 0.0220. The molecule has 45 heavy (non-hydrogen) atoms. The zero-order chi connectivity index (χ0) is 31.9. The largest absolute Gasteiger partial charge is 0.497 e. The van der Waals surface area contributed by atoms with Gasteiger partial charge in [0.1, 0.15) is 11.5 Å². The molecule has 4 atom stereocenters. The van der Waals surface area contributed by atoms with Crippen LogP contribution >= 0.6 is 0 Å². The van der Waals surface area contributed by atoms with Crippen LogP contribution in [0.3, 0.4) is 0 Å². The molecule has 0 saturated carbocycles. The van der Waals surface area contributed by atoms with Crippen molar-refractivity contribution < 1.29 is 28.9 Å². The van der Waals surface area contributed by atoms with Crippen molar-refractivity contribution in [3.05, 3.63) is 77.9 Å². The predicted octanol–water partition coefficient (Wildman–Crippen LogP) is 5.37. The van der Waals surface area contributed by atoms with E-state index in [0.29, 0.717) is 25.1 Å². The molecule has 0 aliphatic carbocycles. The van der Waals surface area contributed by atoms with Gasteiger partial charge in [-0.25, -0.2) is 0 Å². The smallest absolute Gasteiger partial charge is 0.264 e. The van der Waals surface area contributed by atoms with Gasteiger partial charge in [-0.1, -0.05) is 49.5 Å². The SMILES string of the molecule is COc1ccc([Si](C)(C)[C@@H]2[C@@H](CCO)O[C@]3(C(=O)N(Cc4ccc(N5CCCCC5=O)cc4)c4ccc(OC)cc43)[C@H]2C)cc1. The van der Waals surface area contributed by atoms with Crippen molar-refractivity contribution in [1.82, 2.24) is 0 Å². The highest BCUT2D eigenvalue weighted by Gasteiger charge is 2.66. The lowest BCUT2D eigenvalue weighted by Crippen LogP contribution is -2.51. The normalized spacial score (nSPS) is 24.8. The number of carbonyl (C=O) groups is 2. The minimum atomic E-state index is -2.26. The number of hydrogen-bond acceptors (Lipinski definition) is 6. The third kappa shape index (κ3) is 5.24. The molecule has 3 aliphatic rings. The maximum absolute atomic E-state index is 14.8. The Balaban J connectivity index is 1.37. The Morgan fingerprint density at radius 1 is 0.956 bits per heavy atom. The van der Waals surface area contributed by atoms with Crippen LogP contribution in [0.1, 0.15) is 43.7 Å². The maximum atomic E-state index is 14.8. The van der Waals surface area contributed by atoms with Crippen molar-refractivity contribution in [2.75, 3.05) is 37.2 Å². The van der Waals surface area contributed by atoms with Crippen LogP contribution < -0.4 is 24.5 Å². The van der Waals surface area contributed by atoms with Gasteiger partial charge in [0.15, 0.2) is 5.60 Å². The highest BCUT2D eigenvalue weighted by molar-refractivity contribution is 6.91. The first kappa shape index (κ1) is 31.3. The molecule has 0 unspecified atom stereocenters. The van der Waals surface area contributed by atoms with Crippen molar-refractivity contribution in [3.63, 3.8) is 0 Å². The van der Waals surface area contributed by atoms with Crippen LogP contribution in [-0.2, 0) is 26.5 Å². The lowest BCUT2D eigenvalue weighted by atomic mass is 9.82. The Morgan fingerprint density at radius 3 is 2.29 bits per heavy atom. The summed E-state index contributed by atoms with van der Waals surface area (Å²) in [7, 11) is 1.04.